The van der Waals surface area contributed by atoms with Gasteiger partial charge < -0.3 is 18.6 Å². The van der Waals surface area contributed by atoms with Gasteiger partial charge in [-0.25, -0.2) is 0 Å². The van der Waals surface area contributed by atoms with Gasteiger partial charge in [-0.15, -0.1) is 0 Å². The SMILES string of the molecule is CCCCCc1cc(O[Si](C)(C)C(C)(C)C)c(C)c(C23OCC(C)(CO2)CO3)c1. The standard InChI is InChI=1S/C24H40O4Si/c1-9-10-11-12-19-13-20(24-25-15-23(6,16-26-24)17-27-24)18(2)21(14-19)28-29(7,8)22(3,4)5/h13-14H,9-12,15-17H2,1-8H3. The van der Waals surface area contributed by atoms with Crippen LogP contribution in [0, 0.1) is 12.3 Å². The van der Waals surface area contributed by atoms with Gasteiger partial charge in [0.05, 0.1) is 19.8 Å². The average molecular weight is 421 g/mol. The molecule has 1 aromatic rings. The molecule has 2 bridgehead atoms. The first-order valence-corrected chi connectivity index (χ1v) is 14.1. The van der Waals surface area contributed by atoms with Crippen LogP contribution < -0.4 is 4.43 Å². The second kappa shape index (κ2) is 7.99. The summed E-state index contributed by atoms with van der Waals surface area (Å²) in [6, 6.07) is 4.46. The van der Waals surface area contributed by atoms with Crippen molar-refractivity contribution >= 4 is 8.32 Å². The van der Waals surface area contributed by atoms with Gasteiger partial charge in [0, 0.05) is 16.5 Å². The van der Waals surface area contributed by atoms with Crippen molar-refractivity contribution in [1.29, 1.82) is 0 Å². The first-order chi connectivity index (χ1) is 13.4. The lowest BCUT2D eigenvalue weighted by Crippen LogP contribution is -2.57. The molecular formula is C24H40O4Si. The number of hydrogen-bond acceptors (Lipinski definition) is 4. The third-order valence-corrected chi connectivity index (χ3v) is 11.2. The largest absolute Gasteiger partial charge is 0.543 e. The highest BCUT2D eigenvalue weighted by Crippen LogP contribution is 2.47. The Kier molecular flexibility index (Phi) is 6.28. The van der Waals surface area contributed by atoms with Crippen LogP contribution in [-0.4, -0.2) is 28.1 Å². The monoisotopic (exact) mass is 420 g/mol. The highest BCUT2D eigenvalue weighted by molar-refractivity contribution is 6.74. The van der Waals surface area contributed by atoms with Gasteiger partial charge in [0.1, 0.15) is 5.75 Å². The Bertz CT molecular complexity index is 711. The van der Waals surface area contributed by atoms with Gasteiger partial charge in [-0.2, -0.15) is 0 Å². The molecule has 3 heterocycles. The molecule has 0 aliphatic carbocycles. The number of fused-ring (bicyclic) bond motifs is 3. The second-order valence-corrected chi connectivity index (χ2v) is 15.5. The van der Waals surface area contributed by atoms with E-state index < -0.39 is 14.3 Å². The van der Waals surface area contributed by atoms with Crippen molar-refractivity contribution in [3.63, 3.8) is 0 Å². The second-order valence-electron chi connectivity index (χ2n) is 10.8. The molecule has 0 N–H and O–H groups in total. The highest BCUT2D eigenvalue weighted by atomic mass is 28.4. The fourth-order valence-electron chi connectivity index (χ4n) is 3.61. The van der Waals surface area contributed by atoms with Crippen LogP contribution in [0.3, 0.4) is 0 Å². The zero-order chi connectivity index (χ0) is 21.5. The predicted molar refractivity (Wildman–Crippen MR) is 120 cm³/mol. The maximum Gasteiger partial charge on any atom is 0.312 e. The van der Waals surface area contributed by atoms with E-state index in [0.717, 1.165) is 23.3 Å². The molecule has 4 nitrogen and oxygen atoms in total. The molecule has 3 aliphatic rings. The van der Waals surface area contributed by atoms with Gasteiger partial charge in [0.25, 0.3) is 0 Å². The molecule has 164 valence electrons. The van der Waals surface area contributed by atoms with Crippen LogP contribution in [0.15, 0.2) is 12.1 Å². The number of rotatable bonds is 7. The Hall–Kier alpha value is -0.883. The van der Waals surface area contributed by atoms with Crippen LogP contribution in [0.25, 0.3) is 0 Å². The van der Waals surface area contributed by atoms with Crippen LogP contribution >= 0.6 is 0 Å². The zero-order valence-electron chi connectivity index (χ0n) is 19.7. The summed E-state index contributed by atoms with van der Waals surface area (Å²) >= 11 is 0. The molecule has 0 radical (unpaired) electrons. The van der Waals surface area contributed by atoms with Crippen LogP contribution in [0.4, 0.5) is 0 Å². The summed E-state index contributed by atoms with van der Waals surface area (Å²) in [4.78, 5) is 0. The Morgan fingerprint density at radius 2 is 1.62 bits per heavy atom. The summed E-state index contributed by atoms with van der Waals surface area (Å²) in [6.45, 7) is 19.9. The molecule has 0 aromatic heterocycles. The van der Waals surface area contributed by atoms with E-state index in [1.165, 1.54) is 24.8 Å². The Labute approximate surface area is 178 Å². The van der Waals surface area contributed by atoms with Gasteiger partial charge in [-0.3, -0.25) is 0 Å². The number of ether oxygens (including phenoxy) is 3. The third kappa shape index (κ3) is 4.58. The van der Waals surface area contributed by atoms with Crippen molar-refractivity contribution in [3.05, 3.63) is 28.8 Å². The first-order valence-electron chi connectivity index (χ1n) is 11.2. The lowest BCUT2D eigenvalue weighted by atomic mass is 9.90. The molecule has 0 amide bonds. The van der Waals surface area contributed by atoms with Crippen LogP contribution in [0.5, 0.6) is 5.75 Å². The maximum absolute atomic E-state index is 6.77. The maximum atomic E-state index is 6.77. The average Bonchev–Trinajstić information content (AvgIpc) is 2.64. The van der Waals surface area contributed by atoms with Gasteiger partial charge in [-0.1, -0.05) is 47.5 Å². The van der Waals surface area contributed by atoms with Crippen LogP contribution in [0.2, 0.25) is 18.1 Å². The van der Waals surface area contributed by atoms with E-state index in [9.17, 15) is 0 Å². The summed E-state index contributed by atoms with van der Waals surface area (Å²) in [5, 5.41) is 0.136. The highest BCUT2D eigenvalue weighted by Gasteiger charge is 2.52. The van der Waals surface area contributed by atoms with Crippen molar-refractivity contribution in [2.45, 2.75) is 91.3 Å². The van der Waals surface area contributed by atoms with Crippen molar-refractivity contribution in [1.82, 2.24) is 0 Å². The van der Waals surface area contributed by atoms with E-state index in [4.69, 9.17) is 18.6 Å². The zero-order valence-corrected chi connectivity index (χ0v) is 20.7. The number of hydrogen-bond donors (Lipinski definition) is 0. The normalized spacial score (nSPS) is 27.3. The minimum absolute atomic E-state index is 0.0468. The molecule has 0 unspecified atom stereocenters. The van der Waals surface area contributed by atoms with E-state index in [2.05, 4.69) is 66.8 Å². The summed E-state index contributed by atoms with van der Waals surface area (Å²) < 4.78 is 25.3. The van der Waals surface area contributed by atoms with Crippen molar-refractivity contribution in [3.8, 4) is 5.75 Å². The van der Waals surface area contributed by atoms with Crippen molar-refractivity contribution in [2.75, 3.05) is 19.8 Å². The fraction of sp³-hybridized carbons (Fsp3) is 0.750. The van der Waals surface area contributed by atoms with E-state index in [-0.39, 0.29) is 10.5 Å². The quantitative estimate of drug-likeness (QED) is 0.383. The summed E-state index contributed by atoms with van der Waals surface area (Å²) in [7, 11) is -1.97. The molecule has 3 fully saturated rings. The lowest BCUT2D eigenvalue weighted by molar-refractivity contribution is -0.477. The summed E-state index contributed by atoms with van der Waals surface area (Å²) in [5.41, 5.74) is 3.27. The number of aryl methyl sites for hydroxylation is 1. The van der Waals surface area contributed by atoms with Crippen LogP contribution in [0.1, 0.15) is 70.6 Å². The van der Waals surface area contributed by atoms with Crippen LogP contribution in [-0.2, 0) is 26.6 Å². The molecule has 1 aromatic carbocycles. The van der Waals surface area contributed by atoms with E-state index in [0.29, 0.717) is 19.8 Å². The summed E-state index contributed by atoms with van der Waals surface area (Å²) in [6.07, 6.45) is 4.65. The van der Waals surface area contributed by atoms with Crippen molar-refractivity contribution < 1.29 is 18.6 Å². The Morgan fingerprint density at radius 1 is 1.03 bits per heavy atom. The first kappa shape index (κ1) is 22.8. The molecule has 5 heteroatoms. The molecular weight excluding hydrogens is 380 g/mol. The third-order valence-electron chi connectivity index (χ3n) is 6.82. The molecule has 3 aliphatic heterocycles. The minimum atomic E-state index is -1.97. The molecule has 0 saturated carbocycles. The molecule has 0 atom stereocenters. The van der Waals surface area contributed by atoms with E-state index in [1.807, 2.05) is 0 Å². The van der Waals surface area contributed by atoms with Gasteiger partial charge in [0.2, 0.25) is 8.32 Å². The Balaban J connectivity index is 2.00. The van der Waals surface area contributed by atoms with Gasteiger partial charge in [-0.05, 0) is 55.6 Å². The lowest BCUT2D eigenvalue weighted by Gasteiger charge is -2.51. The fourth-order valence-corrected chi connectivity index (χ4v) is 4.68. The Morgan fingerprint density at radius 3 is 2.14 bits per heavy atom. The van der Waals surface area contributed by atoms with Crippen molar-refractivity contribution in [2.24, 2.45) is 5.41 Å². The molecule has 29 heavy (non-hydrogen) atoms. The molecule has 3 saturated heterocycles. The van der Waals surface area contributed by atoms with E-state index in [1.54, 1.807) is 0 Å². The molecule has 0 spiro atoms. The predicted octanol–water partition coefficient (Wildman–Crippen LogP) is 6.31. The smallest absolute Gasteiger partial charge is 0.312 e. The minimum Gasteiger partial charge on any atom is -0.543 e. The van der Waals surface area contributed by atoms with Gasteiger partial charge in [0.15, 0.2) is 0 Å². The van der Waals surface area contributed by atoms with Gasteiger partial charge >= 0.3 is 5.97 Å². The number of benzene rings is 1. The van der Waals surface area contributed by atoms with E-state index >= 15 is 0 Å². The topological polar surface area (TPSA) is 36.9 Å². The summed E-state index contributed by atoms with van der Waals surface area (Å²) in [5.74, 6) is -0.126. The molecule has 4 rings (SSSR count). The number of unbranched alkanes of at least 4 members (excludes halogenated alkanes) is 2.